The molecule has 10 heteroatoms. The fourth-order valence-electron chi connectivity index (χ4n) is 3.22. The monoisotopic (exact) mass is 459 g/mol. The van der Waals surface area contributed by atoms with Gasteiger partial charge in [-0.3, -0.25) is 9.59 Å². The standard InChI is InChI=1S/C24H25N7O3/c1-16(2)17-3-5-18(6-4-17)24-29-23(34-30-24)12-11-21(32)26-13-22(33)28-19-7-9-20(10-8-19)31-15-25-14-27-31/h3-10,14-16H,11-13H2,1-2H3,(H,26,32)(H,28,33). The number of hydrogen-bond acceptors (Lipinski definition) is 7. The molecular formula is C24H25N7O3. The molecule has 0 aliphatic carbocycles. The minimum Gasteiger partial charge on any atom is -0.347 e. The number of amides is 2. The van der Waals surface area contributed by atoms with E-state index in [4.69, 9.17) is 4.52 Å². The van der Waals surface area contributed by atoms with Crippen LogP contribution in [-0.2, 0) is 16.0 Å². The lowest BCUT2D eigenvalue weighted by molar-refractivity contribution is -0.124. The highest BCUT2D eigenvalue weighted by Gasteiger charge is 2.12. The van der Waals surface area contributed by atoms with E-state index in [0.29, 0.717) is 23.3 Å². The summed E-state index contributed by atoms with van der Waals surface area (Å²) in [5.74, 6) is 0.695. The lowest BCUT2D eigenvalue weighted by Gasteiger charge is -2.07. The van der Waals surface area contributed by atoms with Crippen molar-refractivity contribution in [3.63, 3.8) is 0 Å². The van der Waals surface area contributed by atoms with E-state index in [1.165, 1.54) is 11.9 Å². The molecule has 2 heterocycles. The number of rotatable bonds is 9. The number of benzene rings is 2. The summed E-state index contributed by atoms with van der Waals surface area (Å²) in [6, 6.07) is 15.1. The summed E-state index contributed by atoms with van der Waals surface area (Å²) in [7, 11) is 0. The van der Waals surface area contributed by atoms with Gasteiger partial charge in [-0.2, -0.15) is 10.1 Å². The third kappa shape index (κ3) is 5.91. The molecule has 174 valence electrons. The van der Waals surface area contributed by atoms with Gasteiger partial charge in [-0.05, 0) is 35.7 Å². The molecule has 2 aromatic carbocycles. The Labute approximate surface area is 196 Å². The van der Waals surface area contributed by atoms with Crippen LogP contribution in [0.25, 0.3) is 17.1 Å². The lowest BCUT2D eigenvalue weighted by Crippen LogP contribution is -2.32. The van der Waals surface area contributed by atoms with Gasteiger partial charge < -0.3 is 15.2 Å². The first-order valence-electron chi connectivity index (χ1n) is 10.9. The van der Waals surface area contributed by atoms with Crippen LogP contribution >= 0.6 is 0 Å². The molecule has 2 N–H and O–H groups in total. The summed E-state index contributed by atoms with van der Waals surface area (Å²) in [6.45, 7) is 4.13. The van der Waals surface area contributed by atoms with E-state index in [1.807, 2.05) is 24.3 Å². The number of aryl methyl sites for hydroxylation is 1. The SMILES string of the molecule is CC(C)c1ccc(-c2noc(CCC(=O)NCC(=O)Nc3ccc(-n4cncn4)cc3)n2)cc1. The van der Waals surface area contributed by atoms with Crippen molar-refractivity contribution in [1.82, 2.24) is 30.2 Å². The zero-order valence-corrected chi connectivity index (χ0v) is 18.9. The Bertz CT molecular complexity index is 1230. The molecule has 2 amide bonds. The van der Waals surface area contributed by atoms with Crippen LogP contribution in [0.5, 0.6) is 0 Å². The van der Waals surface area contributed by atoms with E-state index < -0.39 is 0 Å². The van der Waals surface area contributed by atoms with Crippen LogP contribution in [0.3, 0.4) is 0 Å². The molecule has 2 aromatic heterocycles. The molecule has 0 saturated carbocycles. The smallest absolute Gasteiger partial charge is 0.243 e. The van der Waals surface area contributed by atoms with Gasteiger partial charge in [0.05, 0.1) is 12.2 Å². The summed E-state index contributed by atoms with van der Waals surface area (Å²) >= 11 is 0. The number of hydrogen-bond donors (Lipinski definition) is 2. The Morgan fingerprint density at radius 3 is 2.47 bits per heavy atom. The number of carbonyl (C=O) groups excluding carboxylic acids is 2. The van der Waals surface area contributed by atoms with Crippen molar-refractivity contribution < 1.29 is 14.1 Å². The maximum absolute atomic E-state index is 12.1. The maximum Gasteiger partial charge on any atom is 0.243 e. The van der Waals surface area contributed by atoms with Crippen molar-refractivity contribution in [3.8, 4) is 17.1 Å². The Morgan fingerprint density at radius 2 is 1.79 bits per heavy atom. The molecule has 4 aromatic rings. The summed E-state index contributed by atoms with van der Waals surface area (Å²) in [6.07, 6.45) is 3.45. The van der Waals surface area contributed by atoms with E-state index >= 15 is 0 Å². The number of anilines is 1. The van der Waals surface area contributed by atoms with Crippen molar-refractivity contribution in [3.05, 3.63) is 72.6 Å². The normalized spacial score (nSPS) is 10.9. The van der Waals surface area contributed by atoms with Gasteiger partial charge in [-0.15, -0.1) is 0 Å². The number of carbonyl (C=O) groups is 2. The highest BCUT2D eigenvalue weighted by molar-refractivity contribution is 5.94. The topological polar surface area (TPSA) is 128 Å². The Balaban J connectivity index is 1.20. The quantitative estimate of drug-likeness (QED) is 0.393. The van der Waals surface area contributed by atoms with E-state index in [1.54, 1.807) is 35.3 Å². The van der Waals surface area contributed by atoms with Crippen LogP contribution in [0.15, 0.2) is 65.7 Å². The third-order valence-electron chi connectivity index (χ3n) is 5.15. The second-order valence-electron chi connectivity index (χ2n) is 8.00. The van der Waals surface area contributed by atoms with Crippen LogP contribution in [0.2, 0.25) is 0 Å². The first kappa shape index (κ1) is 22.8. The van der Waals surface area contributed by atoms with Crippen LogP contribution in [-0.4, -0.2) is 43.3 Å². The maximum atomic E-state index is 12.1. The zero-order valence-electron chi connectivity index (χ0n) is 18.9. The van der Waals surface area contributed by atoms with E-state index in [2.05, 4.69) is 44.7 Å². The third-order valence-corrected chi connectivity index (χ3v) is 5.15. The summed E-state index contributed by atoms with van der Waals surface area (Å²) in [5, 5.41) is 13.4. The second kappa shape index (κ2) is 10.5. The number of nitrogens with one attached hydrogen (secondary N) is 2. The largest absolute Gasteiger partial charge is 0.347 e. The molecule has 0 radical (unpaired) electrons. The molecule has 34 heavy (non-hydrogen) atoms. The van der Waals surface area contributed by atoms with Gasteiger partial charge >= 0.3 is 0 Å². The van der Waals surface area contributed by atoms with Crippen molar-refractivity contribution in [2.75, 3.05) is 11.9 Å². The summed E-state index contributed by atoms with van der Waals surface area (Å²) < 4.78 is 6.87. The van der Waals surface area contributed by atoms with Crippen LogP contribution in [0.4, 0.5) is 5.69 Å². The molecule has 0 saturated heterocycles. The minimum atomic E-state index is -0.327. The highest BCUT2D eigenvalue weighted by Crippen LogP contribution is 2.20. The van der Waals surface area contributed by atoms with Gasteiger partial charge in [0.25, 0.3) is 0 Å². The first-order chi connectivity index (χ1) is 16.5. The predicted octanol–water partition coefficient (Wildman–Crippen LogP) is 3.13. The molecular weight excluding hydrogens is 434 g/mol. The fraction of sp³-hybridized carbons (Fsp3) is 0.250. The fourth-order valence-corrected chi connectivity index (χ4v) is 3.22. The van der Waals surface area contributed by atoms with Crippen molar-refractivity contribution in [1.29, 1.82) is 0 Å². The first-order valence-corrected chi connectivity index (χ1v) is 10.9. The Hall–Kier alpha value is -4.34. The molecule has 0 aliphatic rings. The molecule has 0 fully saturated rings. The van der Waals surface area contributed by atoms with Crippen LogP contribution in [0.1, 0.15) is 37.6 Å². The molecule has 4 rings (SSSR count). The molecule has 0 spiro atoms. The van der Waals surface area contributed by atoms with Crippen molar-refractivity contribution in [2.45, 2.75) is 32.6 Å². The van der Waals surface area contributed by atoms with Crippen molar-refractivity contribution in [2.24, 2.45) is 0 Å². The summed E-state index contributed by atoms with van der Waals surface area (Å²) in [5.41, 5.74) is 3.52. The van der Waals surface area contributed by atoms with Gasteiger partial charge in [0.15, 0.2) is 0 Å². The van der Waals surface area contributed by atoms with E-state index in [9.17, 15) is 9.59 Å². The molecule has 0 aliphatic heterocycles. The van der Waals surface area contributed by atoms with Crippen LogP contribution < -0.4 is 10.6 Å². The number of aromatic nitrogens is 5. The highest BCUT2D eigenvalue weighted by atomic mass is 16.5. The second-order valence-corrected chi connectivity index (χ2v) is 8.00. The van der Waals surface area contributed by atoms with Gasteiger partial charge in [0.1, 0.15) is 12.7 Å². The molecule has 0 atom stereocenters. The van der Waals surface area contributed by atoms with Gasteiger partial charge in [-0.1, -0.05) is 43.3 Å². The van der Waals surface area contributed by atoms with Crippen LogP contribution in [0, 0.1) is 0 Å². The number of nitrogens with zero attached hydrogens (tertiary/aromatic N) is 5. The van der Waals surface area contributed by atoms with E-state index in [-0.39, 0.29) is 31.2 Å². The molecule has 10 nitrogen and oxygen atoms in total. The van der Waals surface area contributed by atoms with Gasteiger partial charge in [0.2, 0.25) is 23.5 Å². The van der Waals surface area contributed by atoms with Gasteiger partial charge in [-0.25, -0.2) is 9.67 Å². The summed E-state index contributed by atoms with van der Waals surface area (Å²) in [4.78, 5) is 32.5. The van der Waals surface area contributed by atoms with Crippen molar-refractivity contribution >= 4 is 17.5 Å². The average Bonchev–Trinajstić information content (AvgIpc) is 3.55. The Kier molecular flexibility index (Phi) is 7.07. The van der Waals surface area contributed by atoms with E-state index in [0.717, 1.165) is 11.3 Å². The molecule has 0 unspecified atom stereocenters. The lowest BCUT2D eigenvalue weighted by atomic mass is 10.0. The molecule has 0 bridgehead atoms. The zero-order chi connectivity index (χ0) is 23.9. The van der Waals surface area contributed by atoms with Gasteiger partial charge in [0, 0.05) is 24.1 Å². The predicted molar refractivity (Wildman–Crippen MR) is 125 cm³/mol. The average molecular weight is 460 g/mol. The minimum absolute atomic E-state index is 0.133. The Morgan fingerprint density at radius 1 is 1.03 bits per heavy atom.